The Hall–Kier alpha value is -1.26. The number of pyridine rings is 1. The largest absolute Gasteiger partial charge is 0.295 e. The number of hydrogen-bond acceptors (Lipinski definition) is 2. The molecule has 1 aromatic heterocycles. The minimum atomic E-state index is -0.215. The highest BCUT2D eigenvalue weighted by atomic mass is 79.9. The molecule has 2 rings (SSSR count). The Bertz CT molecular complexity index is 531. The average Bonchev–Trinajstić information content (AvgIpc) is 2.42. The smallest absolute Gasteiger partial charge is 0.124 e. The van der Waals surface area contributed by atoms with E-state index in [1.54, 1.807) is 12.4 Å². The van der Waals surface area contributed by atoms with Crippen molar-refractivity contribution in [3.8, 4) is 0 Å². The van der Waals surface area contributed by atoms with Gasteiger partial charge in [-0.05, 0) is 41.9 Å². The van der Waals surface area contributed by atoms with Gasteiger partial charge in [0.05, 0.1) is 0 Å². The zero-order valence-electron chi connectivity index (χ0n) is 10.8. The van der Waals surface area contributed by atoms with Crippen molar-refractivity contribution in [1.82, 2.24) is 9.88 Å². The van der Waals surface area contributed by atoms with Crippen molar-refractivity contribution in [3.05, 3.63) is 64.1 Å². The summed E-state index contributed by atoms with van der Waals surface area (Å²) >= 11 is 3.41. The highest BCUT2D eigenvalue weighted by Gasteiger charge is 2.08. The highest BCUT2D eigenvalue weighted by molar-refractivity contribution is 9.10. The number of aromatic nitrogens is 1. The third-order valence-corrected chi connectivity index (χ3v) is 3.75. The van der Waals surface area contributed by atoms with Crippen LogP contribution in [-0.2, 0) is 13.1 Å². The maximum atomic E-state index is 13.1. The molecule has 2 nitrogen and oxygen atoms in total. The van der Waals surface area contributed by atoms with Gasteiger partial charge in [0.15, 0.2) is 0 Å². The maximum Gasteiger partial charge on any atom is 0.124 e. The van der Waals surface area contributed by atoms with Crippen LogP contribution < -0.4 is 0 Å². The third kappa shape index (κ3) is 4.11. The second kappa shape index (κ2) is 6.78. The molecule has 0 spiro atoms. The van der Waals surface area contributed by atoms with Crippen LogP contribution in [0.1, 0.15) is 18.1 Å². The standard InChI is InChI=1S/C15H16BrFN2/c1-2-19(10-12-5-7-18-8-6-12)11-13-3-4-14(17)9-15(13)16/h3-9H,2,10-11H2,1H3. The first-order valence-corrected chi connectivity index (χ1v) is 7.03. The van der Waals surface area contributed by atoms with E-state index in [1.165, 1.54) is 17.7 Å². The summed E-state index contributed by atoms with van der Waals surface area (Å²) in [5.74, 6) is -0.215. The molecule has 0 fully saturated rings. The molecule has 0 amide bonds. The summed E-state index contributed by atoms with van der Waals surface area (Å²) in [7, 11) is 0. The van der Waals surface area contributed by atoms with E-state index >= 15 is 0 Å². The van der Waals surface area contributed by atoms with Crippen LogP contribution in [0.15, 0.2) is 47.2 Å². The van der Waals surface area contributed by atoms with Crippen molar-refractivity contribution >= 4 is 15.9 Å². The molecular weight excluding hydrogens is 307 g/mol. The van der Waals surface area contributed by atoms with Crippen molar-refractivity contribution < 1.29 is 4.39 Å². The molecule has 0 N–H and O–H groups in total. The lowest BCUT2D eigenvalue weighted by molar-refractivity contribution is 0.270. The average molecular weight is 323 g/mol. The second-order valence-electron chi connectivity index (χ2n) is 4.39. The van der Waals surface area contributed by atoms with Crippen molar-refractivity contribution in [2.75, 3.05) is 6.54 Å². The Morgan fingerprint density at radius 1 is 1.16 bits per heavy atom. The molecule has 0 bridgehead atoms. The molecule has 0 saturated carbocycles. The molecule has 1 aromatic carbocycles. The summed E-state index contributed by atoms with van der Waals surface area (Å²) < 4.78 is 13.9. The lowest BCUT2D eigenvalue weighted by atomic mass is 10.2. The van der Waals surface area contributed by atoms with E-state index in [1.807, 2.05) is 18.2 Å². The lowest BCUT2D eigenvalue weighted by Crippen LogP contribution is -2.22. The molecule has 100 valence electrons. The Kier molecular flexibility index (Phi) is 5.05. The molecule has 0 atom stereocenters. The Labute approximate surface area is 121 Å². The van der Waals surface area contributed by atoms with E-state index in [0.29, 0.717) is 0 Å². The minimum Gasteiger partial charge on any atom is -0.295 e. The van der Waals surface area contributed by atoms with Crippen LogP contribution in [0.2, 0.25) is 0 Å². The number of hydrogen-bond donors (Lipinski definition) is 0. The van der Waals surface area contributed by atoms with Gasteiger partial charge < -0.3 is 0 Å². The Morgan fingerprint density at radius 3 is 2.53 bits per heavy atom. The summed E-state index contributed by atoms with van der Waals surface area (Å²) in [6.45, 7) is 4.72. The minimum absolute atomic E-state index is 0.215. The normalized spacial score (nSPS) is 10.9. The van der Waals surface area contributed by atoms with Gasteiger partial charge >= 0.3 is 0 Å². The van der Waals surface area contributed by atoms with E-state index in [9.17, 15) is 4.39 Å². The second-order valence-corrected chi connectivity index (χ2v) is 5.25. The summed E-state index contributed by atoms with van der Waals surface area (Å²) in [4.78, 5) is 6.32. The van der Waals surface area contributed by atoms with Crippen LogP contribution >= 0.6 is 15.9 Å². The topological polar surface area (TPSA) is 16.1 Å². The van der Waals surface area contributed by atoms with Gasteiger partial charge in [0, 0.05) is 30.0 Å². The van der Waals surface area contributed by atoms with Gasteiger partial charge in [0.1, 0.15) is 5.82 Å². The van der Waals surface area contributed by atoms with Crippen LogP contribution in [0.4, 0.5) is 4.39 Å². The number of halogens is 2. The molecule has 0 aliphatic rings. The van der Waals surface area contributed by atoms with Gasteiger partial charge in [0.25, 0.3) is 0 Å². The van der Waals surface area contributed by atoms with Crippen LogP contribution in [0, 0.1) is 5.82 Å². The van der Waals surface area contributed by atoms with Gasteiger partial charge in [-0.15, -0.1) is 0 Å². The number of rotatable bonds is 5. The first kappa shape index (κ1) is 14.2. The fourth-order valence-corrected chi connectivity index (χ4v) is 2.39. The number of benzene rings is 1. The molecule has 4 heteroatoms. The summed E-state index contributed by atoms with van der Waals surface area (Å²) in [6.07, 6.45) is 3.61. The van der Waals surface area contributed by atoms with Gasteiger partial charge in [-0.25, -0.2) is 4.39 Å². The predicted octanol–water partition coefficient (Wildman–Crippen LogP) is 4.01. The van der Waals surface area contributed by atoms with E-state index in [4.69, 9.17) is 0 Å². The quantitative estimate of drug-likeness (QED) is 0.827. The first-order valence-electron chi connectivity index (χ1n) is 6.24. The maximum absolute atomic E-state index is 13.1. The van der Waals surface area contributed by atoms with Crippen molar-refractivity contribution in [1.29, 1.82) is 0 Å². The van der Waals surface area contributed by atoms with E-state index in [2.05, 4.69) is 32.7 Å². The molecule has 0 radical (unpaired) electrons. The zero-order chi connectivity index (χ0) is 13.7. The van der Waals surface area contributed by atoms with Crippen LogP contribution in [-0.4, -0.2) is 16.4 Å². The van der Waals surface area contributed by atoms with E-state index in [-0.39, 0.29) is 5.82 Å². The highest BCUT2D eigenvalue weighted by Crippen LogP contribution is 2.20. The summed E-state index contributed by atoms with van der Waals surface area (Å²) in [5, 5.41) is 0. The monoisotopic (exact) mass is 322 g/mol. The molecular formula is C15H16BrFN2. The molecule has 0 aliphatic carbocycles. The van der Waals surface area contributed by atoms with Crippen molar-refractivity contribution in [2.24, 2.45) is 0 Å². The van der Waals surface area contributed by atoms with Gasteiger partial charge in [-0.3, -0.25) is 9.88 Å². The van der Waals surface area contributed by atoms with Crippen molar-refractivity contribution in [2.45, 2.75) is 20.0 Å². The molecule has 19 heavy (non-hydrogen) atoms. The molecule has 1 heterocycles. The summed E-state index contributed by atoms with van der Waals surface area (Å²) in [5.41, 5.74) is 2.33. The van der Waals surface area contributed by atoms with Crippen LogP contribution in [0.5, 0.6) is 0 Å². The zero-order valence-corrected chi connectivity index (χ0v) is 12.4. The molecule has 2 aromatic rings. The first-order chi connectivity index (χ1) is 9.19. The summed E-state index contributed by atoms with van der Waals surface area (Å²) in [6, 6.07) is 8.87. The van der Waals surface area contributed by atoms with E-state index in [0.717, 1.165) is 29.7 Å². The molecule has 0 aliphatic heterocycles. The Balaban J connectivity index is 2.06. The van der Waals surface area contributed by atoms with Crippen LogP contribution in [0.3, 0.4) is 0 Å². The molecule has 0 unspecified atom stereocenters. The van der Waals surface area contributed by atoms with Crippen LogP contribution in [0.25, 0.3) is 0 Å². The SMILES string of the molecule is CCN(Cc1ccncc1)Cc1ccc(F)cc1Br. The predicted molar refractivity (Wildman–Crippen MR) is 78.1 cm³/mol. The lowest BCUT2D eigenvalue weighted by Gasteiger charge is -2.21. The van der Waals surface area contributed by atoms with Gasteiger partial charge in [0.2, 0.25) is 0 Å². The van der Waals surface area contributed by atoms with Gasteiger partial charge in [-0.2, -0.15) is 0 Å². The van der Waals surface area contributed by atoms with E-state index < -0.39 is 0 Å². The Morgan fingerprint density at radius 2 is 1.89 bits per heavy atom. The fourth-order valence-electron chi connectivity index (χ4n) is 1.92. The molecule has 0 saturated heterocycles. The number of nitrogens with zero attached hydrogens (tertiary/aromatic N) is 2. The third-order valence-electron chi connectivity index (χ3n) is 3.01. The van der Waals surface area contributed by atoms with Gasteiger partial charge in [-0.1, -0.05) is 28.9 Å². The fraction of sp³-hybridized carbons (Fsp3) is 0.267. The van der Waals surface area contributed by atoms with Crippen molar-refractivity contribution in [3.63, 3.8) is 0 Å².